The molecular formula is C20H25N3O2. The monoisotopic (exact) mass is 339 g/mol. The van der Waals surface area contributed by atoms with Crippen molar-refractivity contribution in [2.75, 3.05) is 17.2 Å². The van der Waals surface area contributed by atoms with Crippen LogP contribution in [0.2, 0.25) is 0 Å². The summed E-state index contributed by atoms with van der Waals surface area (Å²) in [5.74, 6) is -0.214. The highest BCUT2D eigenvalue weighted by Gasteiger charge is 2.08. The van der Waals surface area contributed by atoms with Crippen molar-refractivity contribution in [2.24, 2.45) is 0 Å². The largest absolute Gasteiger partial charge is 0.376 e. The number of amides is 2. The van der Waals surface area contributed by atoms with Crippen LogP contribution < -0.4 is 16.0 Å². The van der Waals surface area contributed by atoms with E-state index in [4.69, 9.17) is 0 Å². The van der Waals surface area contributed by atoms with Gasteiger partial charge >= 0.3 is 0 Å². The van der Waals surface area contributed by atoms with Crippen molar-refractivity contribution in [3.8, 4) is 0 Å². The zero-order valence-electron chi connectivity index (χ0n) is 15.1. The summed E-state index contributed by atoms with van der Waals surface area (Å²) in [5, 5.41) is 8.84. The van der Waals surface area contributed by atoms with Crippen LogP contribution in [0, 0.1) is 13.8 Å². The van der Waals surface area contributed by atoms with E-state index in [0.717, 1.165) is 22.5 Å². The van der Waals surface area contributed by atoms with Gasteiger partial charge in [-0.15, -0.1) is 0 Å². The lowest BCUT2D eigenvalue weighted by Crippen LogP contribution is -2.30. The van der Waals surface area contributed by atoms with Crippen LogP contribution in [0.4, 0.5) is 11.4 Å². The van der Waals surface area contributed by atoms with Crippen LogP contribution >= 0.6 is 0 Å². The van der Waals surface area contributed by atoms with Gasteiger partial charge in [0.15, 0.2) is 0 Å². The Kier molecular flexibility index (Phi) is 6.17. The van der Waals surface area contributed by atoms with Crippen LogP contribution in [0.5, 0.6) is 0 Å². The molecule has 0 saturated carbocycles. The van der Waals surface area contributed by atoms with Crippen molar-refractivity contribution < 1.29 is 9.59 Å². The zero-order valence-corrected chi connectivity index (χ0v) is 15.1. The number of benzene rings is 2. The first-order valence-corrected chi connectivity index (χ1v) is 8.37. The molecule has 0 spiro atoms. The Balaban J connectivity index is 1.91. The highest BCUT2D eigenvalue weighted by molar-refractivity contribution is 5.96. The third kappa shape index (κ3) is 5.35. The quantitative estimate of drug-likeness (QED) is 0.754. The Bertz CT molecular complexity index is 732. The lowest BCUT2D eigenvalue weighted by atomic mass is 10.1. The van der Waals surface area contributed by atoms with E-state index in [2.05, 4.69) is 16.0 Å². The maximum atomic E-state index is 12.1. The lowest BCUT2D eigenvalue weighted by molar-refractivity contribution is -0.114. The molecule has 5 nitrogen and oxygen atoms in total. The smallest absolute Gasteiger partial charge is 0.251 e. The first-order valence-electron chi connectivity index (χ1n) is 8.37. The molecule has 0 atom stereocenters. The third-order valence-electron chi connectivity index (χ3n) is 3.77. The summed E-state index contributed by atoms with van der Waals surface area (Å²) in [4.78, 5) is 24.1. The molecule has 2 aromatic rings. The van der Waals surface area contributed by atoms with E-state index >= 15 is 0 Å². The van der Waals surface area contributed by atoms with Crippen molar-refractivity contribution in [1.29, 1.82) is 0 Å². The molecule has 5 heteroatoms. The Morgan fingerprint density at radius 2 is 1.56 bits per heavy atom. The number of anilines is 2. The fourth-order valence-corrected chi connectivity index (χ4v) is 2.46. The van der Waals surface area contributed by atoms with E-state index < -0.39 is 0 Å². The average Bonchev–Trinajstić information content (AvgIpc) is 2.56. The van der Waals surface area contributed by atoms with E-state index in [1.807, 2.05) is 45.9 Å². The number of carbonyl (C=O) groups is 2. The van der Waals surface area contributed by atoms with Gasteiger partial charge in [0, 0.05) is 23.0 Å². The number of rotatable bonds is 6. The Hall–Kier alpha value is -2.82. The molecule has 2 aromatic carbocycles. The summed E-state index contributed by atoms with van der Waals surface area (Å²) >= 11 is 0. The Morgan fingerprint density at radius 1 is 0.960 bits per heavy atom. The molecule has 3 N–H and O–H groups in total. The third-order valence-corrected chi connectivity index (χ3v) is 3.77. The molecule has 2 amide bonds. The van der Waals surface area contributed by atoms with Crippen LogP contribution in [0.3, 0.4) is 0 Å². The molecule has 0 fully saturated rings. The fourth-order valence-electron chi connectivity index (χ4n) is 2.46. The molecular weight excluding hydrogens is 314 g/mol. The van der Waals surface area contributed by atoms with Gasteiger partial charge in [-0.25, -0.2) is 0 Å². The summed E-state index contributed by atoms with van der Waals surface area (Å²) in [6, 6.07) is 13.1. The maximum Gasteiger partial charge on any atom is 0.251 e. The van der Waals surface area contributed by atoms with Crippen LogP contribution in [0.15, 0.2) is 42.5 Å². The molecule has 0 unspecified atom stereocenters. The van der Waals surface area contributed by atoms with Crippen LogP contribution in [0.1, 0.15) is 35.3 Å². The molecule has 0 bridgehead atoms. The van der Waals surface area contributed by atoms with Crippen LogP contribution in [0.25, 0.3) is 0 Å². The highest BCUT2D eigenvalue weighted by atomic mass is 16.2. The number of aryl methyl sites for hydroxylation is 2. The Morgan fingerprint density at radius 3 is 2.12 bits per heavy atom. The molecule has 2 rings (SSSR count). The number of hydrogen-bond donors (Lipinski definition) is 3. The number of hydrogen-bond acceptors (Lipinski definition) is 3. The van der Waals surface area contributed by atoms with Crippen LogP contribution in [-0.2, 0) is 4.79 Å². The topological polar surface area (TPSA) is 70.2 Å². The summed E-state index contributed by atoms with van der Waals surface area (Å²) in [6.07, 6.45) is 0. The van der Waals surface area contributed by atoms with Gasteiger partial charge < -0.3 is 16.0 Å². The van der Waals surface area contributed by atoms with E-state index in [-0.39, 0.29) is 24.4 Å². The van der Waals surface area contributed by atoms with Gasteiger partial charge in [0.25, 0.3) is 5.91 Å². The molecule has 132 valence electrons. The molecule has 0 aliphatic heterocycles. The van der Waals surface area contributed by atoms with Gasteiger partial charge in [0.2, 0.25) is 5.91 Å². The zero-order chi connectivity index (χ0) is 18.4. The lowest BCUT2D eigenvalue weighted by Gasteiger charge is -2.13. The summed E-state index contributed by atoms with van der Waals surface area (Å²) in [5.41, 5.74) is 4.31. The second kappa shape index (κ2) is 8.33. The van der Waals surface area contributed by atoms with Crippen molar-refractivity contribution >= 4 is 23.2 Å². The normalized spacial score (nSPS) is 10.4. The minimum atomic E-state index is -0.112. The average molecular weight is 339 g/mol. The van der Waals surface area contributed by atoms with E-state index in [0.29, 0.717) is 5.56 Å². The molecule has 25 heavy (non-hydrogen) atoms. The van der Waals surface area contributed by atoms with Gasteiger partial charge in [-0.2, -0.15) is 0 Å². The first kappa shape index (κ1) is 18.5. The van der Waals surface area contributed by atoms with Crippen molar-refractivity contribution in [2.45, 2.75) is 33.7 Å². The molecule has 0 aliphatic rings. The second-order valence-corrected chi connectivity index (χ2v) is 6.37. The van der Waals surface area contributed by atoms with Crippen molar-refractivity contribution in [3.05, 3.63) is 59.2 Å². The predicted octanol–water partition coefficient (Wildman–Crippen LogP) is 3.49. The second-order valence-electron chi connectivity index (χ2n) is 6.37. The van der Waals surface area contributed by atoms with Gasteiger partial charge in [-0.05, 0) is 63.1 Å². The van der Waals surface area contributed by atoms with E-state index in [1.54, 1.807) is 24.3 Å². The molecule has 0 aliphatic carbocycles. The molecule has 0 aromatic heterocycles. The summed E-state index contributed by atoms with van der Waals surface area (Å²) in [6.45, 7) is 7.93. The Labute approximate surface area is 148 Å². The first-order chi connectivity index (χ1) is 11.9. The minimum Gasteiger partial charge on any atom is -0.376 e. The molecule has 0 saturated heterocycles. The standard InChI is InChI=1S/C20H25N3O2/c1-13(2)22-20(25)16-8-10-17(11-9-16)21-12-18(24)23-19-14(3)6-5-7-15(19)4/h5-11,13,21H,12H2,1-4H3,(H,22,25)(H,23,24). The van der Waals surface area contributed by atoms with E-state index in [1.165, 1.54) is 0 Å². The number of carbonyl (C=O) groups excluding carboxylic acids is 2. The van der Waals surface area contributed by atoms with Gasteiger partial charge in [-0.3, -0.25) is 9.59 Å². The molecule has 0 heterocycles. The minimum absolute atomic E-state index is 0.0962. The van der Waals surface area contributed by atoms with Crippen molar-refractivity contribution in [1.82, 2.24) is 5.32 Å². The number of para-hydroxylation sites is 1. The van der Waals surface area contributed by atoms with E-state index in [9.17, 15) is 9.59 Å². The predicted molar refractivity (Wildman–Crippen MR) is 102 cm³/mol. The van der Waals surface area contributed by atoms with Gasteiger partial charge in [-0.1, -0.05) is 18.2 Å². The van der Waals surface area contributed by atoms with Crippen LogP contribution in [-0.4, -0.2) is 24.4 Å². The highest BCUT2D eigenvalue weighted by Crippen LogP contribution is 2.19. The van der Waals surface area contributed by atoms with Gasteiger partial charge in [0.1, 0.15) is 0 Å². The summed E-state index contributed by atoms with van der Waals surface area (Å²) < 4.78 is 0. The number of nitrogens with one attached hydrogen (secondary N) is 3. The van der Waals surface area contributed by atoms with Crippen molar-refractivity contribution in [3.63, 3.8) is 0 Å². The van der Waals surface area contributed by atoms with Gasteiger partial charge in [0.05, 0.1) is 6.54 Å². The fraction of sp³-hybridized carbons (Fsp3) is 0.300. The summed E-state index contributed by atoms with van der Waals surface area (Å²) in [7, 11) is 0. The maximum absolute atomic E-state index is 12.1. The SMILES string of the molecule is Cc1cccc(C)c1NC(=O)CNc1ccc(C(=O)NC(C)C)cc1. The molecule has 0 radical (unpaired) electrons.